The van der Waals surface area contributed by atoms with Crippen molar-refractivity contribution in [3.8, 4) is 22.4 Å². The van der Waals surface area contributed by atoms with E-state index in [0.29, 0.717) is 5.15 Å². The fraction of sp³-hybridized carbons (Fsp3) is 0.250. The lowest BCUT2D eigenvalue weighted by atomic mass is 9.50. The summed E-state index contributed by atoms with van der Waals surface area (Å²) in [6.45, 7) is 6.18. The normalized spacial score (nSPS) is 16.5. The van der Waals surface area contributed by atoms with Gasteiger partial charge in [0.2, 0.25) is 0 Å². The molecule has 1 aliphatic carbocycles. The van der Waals surface area contributed by atoms with Crippen molar-refractivity contribution in [3.63, 3.8) is 0 Å². The highest BCUT2D eigenvalue weighted by Gasteiger charge is 2.53. The number of pyridine rings is 2. The van der Waals surface area contributed by atoms with Gasteiger partial charge in [-0.15, -0.1) is 0 Å². The molecule has 0 amide bonds. The lowest BCUT2D eigenvalue weighted by molar-refractivity contribution is -0.130. The van der Waals surface area contributed by atoms with Crippen LogP contribution in [0.3, 0.4) is 0 Å². The topological polar surface area (TPSA) is 42.9 Å². The largest absolute Gasteiger partial charge is 0.299 e. The number of carbonyl (C=O) groups is 1. The number of carbonyl (C=O) groups excluding carboxylic acids is 1. The van der Waals surface area contributed by atoms with E-state index in [4.69, 9.17) is 16.6 Å². The molecule has 0 spiro atoms. The summed E-state index contributed by atoms with van der Waals surface area (Å²) in [6.07, 6.45) is 3.47. The Morgan fingerprint density at radius 2 is 1.62 bits per heavy atom. The highest BCUT2D eigenvalue weighted by atomic mass is 35.5. The summed E-state index contributed by atoms with van der Waals surface area (Å²) in [6, 6.07) is 22.5. The third kappa shape index (κ3) is 3.41. The van der Waals surface area contributed by atoms with Gasteiger partial charge in [-0.2, -0.15) is 0 Å². The first kappa shape index (κ1) is 20.8. The minimum atomic E-state index is -0.361. The Balaban J connectivity index is 1.64. The third-order valence-electron chi connectivity index (χ3n) is 6.72. The summed E-state index contributed by atoms with van der Waals surface area (Å²) in [5.74, 6) is 0.250. The molecule has 3 nitrogen and oxygen atoms in total. The van der Waals surface area contributed by atoms with Gasteiger partial charge in [-0.05, 0) is 48.4 Å². The van der Waals surface area contributed by atoms with Crippen LogP contribution in [0.15, 0.2) is 72.9 Å². The van der Waals surface area contributed by atoms with Gasteiger partial charge < -0.3 is 0 Å². The van der Waals surface area contributed by atoms with E-state index in [1.807, 2.05) is 24.3 Å². The van der Waals surface area contributed by atoms with E-state index in [-0.39, 0.29) is 16.6 Å². The fourth-order valence-corrected chi connectivity index (χ4v) is 5.51. The number of hydrogen-bond donors (Lipinski definition) is 0. The maximum absolute atomic E-state index is 12.6. The van der Waals surface area contributed by atoms with Crippen molar-refractivity contribution in [2.75, 3.05) is 0 Å². The van der Waals surface area contributed by atoms with Gasteiger partial charge in [-0.1, -0.05) is 80.0 Å². The average molecular weight is 441 g/mol. The second-order valence-electron chi connectivity index (χ2n) is 9.65. The monoisotopic (exact) mass is 440 g/mol. The highest BCUT2D eigenvalue weighted by Crippen LogP contribution is 2.56. The number of rotatable bonds is 4. The number of fused-ring (bicyclic) bond motifs is 1. The van der Waals surface area contributed by atoms with Crippen molar-refractivity contribution in [2.24, 2.45) is 5.41 Å². The Kier molecular flexibility index (Phi) is 4.90. The molecule has 0 aliphatic heterocycles. The van der Waals surface area contributed by atoms with E-state index in [1.54, 1.807) is 13.1 Å². The SMILES string of the molecule is CC(=O)C1(c2ccc(-c3nc4ccnc(Cl)c4cc3-c3ccccc3)cc2)CC(C)(C)C1. The van der Waals surface area contributed by atoms with Crippen LogP contribution in [0, 0.1) is 5.41 Å². The molecule has 0 saturated heterocycles. The number of halogens is 1. The number of Topliss-reactive ketones (excluding diaryl/α,β-unsaturated/α-hetero) is 1. The summed E-state index contributed by atoms with van der Waals surface area (Å²) in [5.41, 5.74) is 5.74. The molecule has 160 valence electrons. The van der Waals surface area contributed by atoms with Crippen LogP contribution in [0.5, 0.6) is 0 Å². The maximum Gasteiger partial charge on any atom is 0.140 e. The van der Waals surface area contributed by atoms with Gasteiger partial charge in [0.05, 0.1) is 16.6 Å². The molecule has 0 atom stereocenters. The van der Waals surface area contributed by atoms with Crippen LogP contribution in [0.4, 0.5) is 0 Å². The van der Waals surface area contributed by atoms with Crippen molar-refractivity contribution in [1.82, 2.24) is 9.97 Å². The lowest BCUT2D eigenvalue weighted by Gasteiger charge is -2.52. The molecule has 0 N–H and O–H groups in total. The van der Waals surface area contributed by atoms with Crippen LogP contribution in [0.25, 0.3) is 33.3 Å². The molecule has 5 rings (SSSR count). The number of aromatic nitrogens is 2. The summed E-state index contributed by atoms with van der Waals surface area (Å²) >= 11 is 6.38. The van der Waals surface area contributed by atoms with Crippen LogP contribution in [-0.4, -0.2) is 15.8 Å². The maximum atomic E-state index is 12.6. The number of ketones is 1. The summed E-state index contributed by atoms with van der Waals surface area (Å²) < 4.78 is 0. The van der Waals surface area contributed by atoms with Crippen LogP contribution in [0.2, 0.25) is 5.15 Å². The van der Waals surface area contributed by atoms with E-state index in [0.717, 1.165) is 51.7 Å². The molecule has 2 aromatic carbocycles. The van der Waals surface area contributed by atoms with Crippen molar-refractivity contribution >= 4 is 28.3 Å². The first-order valence-electron chi connectivity index (χ1n) is 10.9. The first-order valence-corrected chi connectivity index (χ1v) is 11.3. The molecule has 0 unspecified atom stereocenters. The molecular weight excluding hydrogens is 416 g/mol. The lowest BCUT2D eigenvalue weighted by Crippen LogP contribution is -2.51. The fourth-order valence-electron chi connectivity index (χ4n) is 5.31. The molecule has 1 fully saturated rings. The minimum absolute atomic E-state index is 0.206. The van der Waals surface area contributed by atoms with Gasteiger partial charge in [-0.3, -0.25) is 4.79 Å². The van der Waals surface area contributed by atoms with Gasteiger partial charge in [0.15, 0.2) is 0 Å². The van der Waals surface area contributed by atoms with Crippen LogP contribution in [-0.2, 0) is 10.2 Å². The van der Waals surface area contributed by atoms with Crippen molar-refractivity contribution < 1.29 is 4.79 Å². The minimum Gasteiger partial charge on any atom is -0.299 e. The molecule has 1 aliphatic rings. The highest BCUT2D eigenvalue weighted by molar-refractivity contribution is 6.34. The van der Waals surface area contributed by atoms with E-state index >= 15 is 0 Å². The third-order valence-corrected chi connectivity index (χ3v) is 7.03. The smallest absolute Gasteiger partial charge is 0.140 e. The molecule has 4 aromatic rings. The average Bonchev–Trinajstić information content (AvgIpc) is 2.77. The Morgan fingerprint density at radius 3 is 2.25 bits per heavy atom. The van der Waals surface area contributed by atoms with Crippen molar-refractivity contribution in [1.29, 1.82) is 0 Å². The molecule has 32 heavy (non-hydrogen) atoms. The van der Waals surface area contributed by atoms with Crippen LogP contribution >= 0.6 is 11.6 Å². The Hall–Kier alpha value is -3.04. The number of hydrogen-bond acceptors (Lipinski definition) is 3. The van der Waals surface area contributed by atoms with E-state index in [1.165, 1.54) is 0 Å². The Bertz CT molecular complexity index is 1320. The summed E-state index contributed by atoms with van der Waals surface area (Å²) in [7, 11) is 0. The van der Waals surface area contributed by atoms with Crippen LogP contribution < -0.4 is 0 Å². The zero-order valence-corrected chi connectivity index (χ0v) is 19.3. The second-order valence-corrected chi connectivity index (χ2v) is 10.0. The molecule has 0 radical (unpaired) electrons. The van der Waals surface area contributed by atoms with Gasteiger partial charge in [0.1, 0.15) is 10.9 Å². The Labute approximate surface area is 193 Å². The standard InChI is InChI=1S/C28H25ClN2O/c1-18(32)28(16-27(2,3)17-28)21-11-9-20(10-12-21)25-22(19-7-5-4-6-8-19)15-23-24(31-25)13-14-30-26(23)29/h4-15H,16-17H2,1-3H3. The molecule has 0 bridgehead atoms. The van der Waals surface area contributed by atoms with Gasteiger partial charge in [-0.25, -0.2) is 9.97 Å². The van der Waals surface area contributed by atoms with E-state index in [2.05, 4.69) is 61.3 Å². The number of benzene rings is 2. The van der Waals surface area contributed by atoms with Gasteiger partial charge >= 0.3 is 0 Å². The molecule has 2 heterocycles. The van der Waals surface area contributed by atoms with Gasteiger partial charge in [0, 0.05) is 22.7 Å². The molecule has 2 aromatic heterocycles. The Morgan fingerprint density at radius 1 is 0.938 bits per heavy atom. The van der Waals surface area contributed by atoms with Crippen molar-refractivity contribution in [2.45, 2.75) is 39.0 Å². The molecular formula is C28H25ClN2O. The number of nitrogens with zero attached hydrogens (tertiary/aromatic N) is 2. The summed E-state index contributed by atoms with van der Waals surface area (Å²) in [4.78, 5) is 21.8. The quantitative estimate of drug-likeness (QED) is 0.313. The predicted molar refractivity (Wildman–Crippen MR) is 131 cm³/mol. The predicted octanol–water partition coefficient (Wildman–Crippen LogP) is 7.26. The zero-order chi connectivity index (χ0) is 22.5. The van der Waals surface area contributed by atoms with E-state index < -0.39 is 0 Å². The zero-order valence-electron chi connectivity index (χ0n) is 18.5. The second kappa shape index (κ2) is 7.53. The summed E-state index contributed by atoms with van der Waals surface area (Å²) in [5, 5.41) is 1.28. The van der Waals surface area contributed by atoms with E-state index in [9.17, 15) is 4.79 Å². The first-order chi connectivity index (χ1) is 15.3. The van der Waals surface area contributed by atoms with Crippen molar-refractivity contribution in [3.05, 3.63) is 83.6 Å². The van der Waals surface area contributed by atoms with Gasteiger partial charge in [0.25, 0.3) is 0 Å². The molecule has 4 heteroatoms. The molecule has 1 saturated carbocycles. The van der Waals surface area contributed by atoms with Crippen LogP contribution in [0.1, 0.15) is 39.2 Å².